The molecule has 7 heteroatoms. The summed E-state index contributed by atoms with van der Waals surface area (Å²) in [7, 11) is 0. The number of benzene rings is 2. The van der Waals surface area contributed by atoms with Crippen LogP contribution < -0.4 is 5.32 Å². The summed E-state index contributed by atoms with van der Waals surface area (Å²) in [6.45, 7) is 6.01. The summed E-state index contributed by atoms with van der Waals surface area (Å²) >= 11 is 12.1. The van der Waals surface area contributed by atoms with Gasteiger partial charge in [0.2, 0.25) is 5.91 Å². The minimum absolute atomic E-state index is 0.0727. The minimum atomic E-state index is 0.0727. The Bertz CT molecular complexity index is 1060. The van der Waals surface area contributed by atoms with Gasteiger partial charge in [-0.3, -0.25) is 9.69 Å². The maximum Gasteiger partial charge on any atom is 0.223 e. The molecule has 1 amide bonds. The Kier molecular flexibility index (Phi) is 7.51. The Labute approximate surface area is 199 Å². The molecule has 168 valence electrons. The van der Waals surface area contributed by atoms with Crippen LogP contribution in [0, 0.1) is 12.8 Å². The number of hydrogen-bond acceptors (Lipinski definition) is 3. The standard InChI is InChI=1S/C25H28Cl2N4O/c1-18-28-10-13-31(18)17-20-4-2-19(3-5-20)15-29-25(32)22-8-11-30(12-9-22)16-21-6-7-23(26)24(27)14-21/h2-7,10,13-14,22H,8-9,11-12,15-17H2,1H3,(H,29,32). The number of nitrogens with zero attached hydrogens (tertiary/aromatic N) is 3. The number of likely N-dealkylation sites (tertiary alicyclic amines) is 1. The van der Waals surface area contributed by atoms with Crippen LogP contribution >= 0.6 is 23.2 Å². The summed E-state index contributed by atoms with van der Waals surface area (Å²) in [4.78, 5) is 19.3. The van der Waals surface area contributed by atoms with Gasteiger partial charge in [0, 0.05) is 37.9 Å². The Morgan fingerprint density at radius 3 is 2.34 bits per heavy atom. The van der Waals surface area contributed by atoms with Crippen molar-refractivity contribution in [3.63, 3.8) is 0 Å². The second-order valence-corrected chi connectivity index (χ2v) is 9.25. The minimum Gasteiger partial charge on any atom is -0.352 e. The van der Waals surface area contributed by atoms with Crippen LogP contribution in [0.2, 0.25) is 10.0 Å². The maximum absolute atomic E-state index is 12.7. The molecule has 0 radical (unpaired) electrons. The number of nitrogens with one attached hydrogen (secondary N) is 1. The molecule has 1 aliphatic rings. The summed E-state index contributed by atoms with van der Waals surface area (Å²) < 4.78 is 2.12. The third kappa shape index (κ3) is 5.91. The molecule has 3 aromatic rings. The van der Waals surface area contributed by atoms with Crippen LogP contribution in [0.15, 0.2) is 54.9 Å². The highest BCUT2D eigenvalue weighted by atomic mass is 35.5. The first-order valence-corrected chi connectivity index (χ1v) is 11.7. The predicted molar refractivity (Wildman–Crippen MR) is 129 cm³/mol. The van der Waals surface area contributed by atoms with Gasteiger partial charge in [0.15, 0.2) is 0 Å². The van der Waals surface area contributed by atoms with E-state index in [1.807, 2.05) is 37.5 Å². The lowest BCUT2D eigenvalue weighted by atomic mass is 9.95. The molecule has 0 spiro atoms. The van der Waals surface area contributed by atoms with Crippen molar-refractivity contribution in [2.45, 2.75) is 39.4 Å². The van der Waals surface area contributed by atoms with Gasteiger partial charge in [-0.25, -0.2) is 4.98 Å². The van der Waals surface area contributed by atoms with E-state index in [9.17, 15) is 4.79 Å². The zero-order valence-electron chi connectivity index (χ0n) is 18.2. The van der Waals surface area contributed by atoms with Crippen LogP contribution in [-0.2, 0) is 24.4 Å². The fourth-order valence-electron chi connectivity index (χ4n) is 4.11. The van der Waals surface area contributed by atoms with E-state index < -0.39 is 0 Å². The number of aromatic nitrogens is 2. The molecule has 0 aliphatic carbocycles. The van der Waals surface area contributed by atoms with Crippen molar-refractivity contribution in [2.75, 3.05) is 13.1 Å². The molecule has 2 aromatic carbocycles. The molecular formula is C25H28Cl2N4O. The van der Waals surface area contributed by atoms with Gasteiger partial charge in [0.05, 0.1) is 10.0 Å². The van der Waals surface area contributed by atoms with Crippen LogP contribution in [0.3, 0.4) is 0 Å². The van der Waals surface area contributed by atoms with Crippen molar-refractivity contribution in [1.82, 2.24) is 19.8 Å². The molecule has 32 heavy (non-hydrogen) atoms. The molecule has 1 fully saturated rings. The van der Waals surface area contributed by atoms with Crippen molar-refractivity contribution in [2.24, 2.45) is 5.92 Å². The predicted octanol–water partition coefficient (Wildman–Crippen LogP) is 5.08. The van der Waals surface area contributed by atoms with E-state index in [1.54, 1.807) is 0 Å². The average molecular weight is 471 g/mol. The number of imidazole rings is 1. The highest BCUT2D eigenvalue weighted by molar-refractivity contribution is 6.42. The van der Waals surface area contributed by atoms with E-state index in [2.05, 4.69) is 44.0 Å². The Morgan fingerprint density at radius 2 is 1.69 bits per heavy atom. The number of aryl methyl sites for hydroxylation is 1. The third-order valence-electron chi connectivity index (χ3n) is 6.11. The topological polar surface area (TPSA) is 50.2 Å². The van der Waals surface area contributed by atoms with Crippen molar-refractivity contribution in [3.05, 3.63) is 87.4 Å². The van der Waals surface area contributed by atoms with Crippen molar-refractivity contribution in [3.8, 4) is 0 Å². The summed E-state index contributed by atoms with van der Waals surface area (Å²) in [6.07, 6.45) is 5.54. The van der Waals surface area contributed by atoms with E-state index in [-0.39, 0.29) is 11.8 Å². The smallest absolute Gasteiger partial charge is 0.223 e. The molecule has 1 aliphatic heterocycles. The first kappa shape index (κ1) is 22.8. The second-order valence-electron chi connectivity index (χ2n) is 8.44. The van der Waals surface area contributed by atoms with Gasteiger partial charge < -0.3 is 9.88 Å². The molecule has 4 rings (SSSR count). The maximum atomic E-state index is 12.7. The summed E-state index contributed by atoms with van der Waals surface area (Å²) in [5.74, 6) is 1.23. The van der Waals surface area contributed by atoms with Gasteiger partial charge in [-0.05, 0) is 61.7 Å². The lowest BCUT2D eigenvalue weighted by Gasteiger charge is -2.31. The number of carbonyl (C=O) groups is 1. The number of rotatable bonds is 7. The van der Waals surface area contributed by atoms with Gasteiger partial charge in [-0.15, -0.1) is 0 Å². The highest BCUT2D eigenvalue weighted by Crippen LogP contribution is 2.25. The van der Waals surface area contributed by atoms with E-state index in [1.165, 1.54) is 5.56 Å². The molecule has 0 saturated carbocycles. The molecule has 1 aromatic heterocycles. The van der Waals surface area contributed by atoms with Crippen LogP contribution in [0.25, 0.3) is 0 Å². The van der Waals surface area contributed by atoms with Crippen molar-refractivity contribution in [1.29, 1.82) is 0 Å². The lowest BCUT2D eigenvalue weighted by molar-refractivity contribution is -0.126. The molecule has 1 N–H and O–H groups in total. The second kappa shape index (κ2) is 10.5. The Balaban J connectivity index is 1.21. The van der Waals surface area contributed by atoms with Crippen molar-refractivity contribution < 1.29 is 4.79 Å². The first-order chi connectivity index (χ1) is 15.5. The van der Waals surface area contributed by atoms with Gasteiger partial charge in [-0.2, -0.15) is 0 Å². The number of piperidine rings is 1. The fourth-order valence-corrected chi connectivity index (χ4v) is 4.43. The summed E-state index contributed by atoms with van der Waals surface area (Å²) in [6, 6.07) is 14.2. The van der Waals surface area contributed by atoms with Gasteiger partial charge in [0.25, 0.3) is 0 Å². The third-order valence-corrected chi connectivity index (χ3v) is 6.85. The number of hydrogen-bond donors (Lipinski definition) is 1. The van der Waals surface area contributed by atoms with Gasteiger partial charge >= 0.3 is 0 Å². The molecular weight excluding hydrogens is 443 g/mol. The molecule has 1 saturated heterocycles. The monoisotopic (exact) mass is 470 g/mol. The van der Waals surface area contributed by atoms with Crippen LogP contribution in [0.4, 0.5) is 0 Å². The largest absolute Gasteiger partial charge is 0.352 e. The average Bonchev–Trinajstić information content (AvgIpc) is 3.20. The quantitative estimate of drug-likeness (QED) is 0.523. The SMILES string of the molecule is Cc1nccn1Cc1ccc(CNC(=O)C2CCN(Cc3ccc(Cl)c(Cl)c3)CC2)cc1. The number of carbonyl (C=O) groups excluding carboxylic acids is 1. The van der Waals surface area contributed by atoms with Crippen LogP contribution in [-0.4, -0.2) is 33.4 Å². The van der Waals surface area contributed by atoms with Crippen LogP contribution in [0.1, 0.15) is 35.4 Å². The summed E-state index contributed by atoms with van der Waals surface area (Å²) in [5, 5.41) is 4.28. The molecule has 0 bridgehead atoms. The Hall–Kier alpha value is -2.34. The van der Waals surface area contributed by atoms with Crippen LogP contribution in [0.5, 0.6) is 0 Å². The lowest BCUT2D eigenvalue weighted by Crippen LogP contribution is -2.40. The molecule has 5 nitrogen and oxygen atoms in total. The van der Waals surface area contributed by atoms with Gasteiger partial charge in [-0.1, -0.05) is 53.5 Å². The molecule has 0 atom stereocenters. The van der Waals surface area contributed by atoms with E-state index >= 15 is 0 Å². The molecule has 0 unspecified atom stereocenters. The zero-order chi connectivity index (χ0) is 22.5. The number of halogens is 2. The van der Waals surface area contributed by atoms with E-state index in [4.69, 9.17) is 23.2 Å². The first-order valence-electron chi connectivity index (χ1n) is 11.0. The number of amides is 1. The summed E-state index contributed by atoms with van der Waals surface area (Å²) in [5.41, 5.74) is 3.48. The zero-order valence-corrected chi connectivity index (χ0v) is 19.7. The molecule has 2 heterocycles. The van der Waals surface area contributed by atoms with Gasteiger partial charge in [0.1, 0.15) is 5.82 Å². The van der Waals surface area contributed by atoms with E-state index in [0.29, 0.717) is 16.6 Å². The van der Waals surface area contributed by atoms with E-state index in [0.717, 1.165) is 56.0 Å². The Morgan fingerprint density at radius 1 is 1.00 bits per heavy atom. The fraction of sp³-hybridized carbons (Fsp3) is 0.360. The van der Waals surface area contributed by atoms with Crippen molar-refractivity contribution >= 4 is 29.1 Å². The highest BCUT2D eigenvalue weighted by Gasteiger charge is 2.24. The normalized spacial score (nSPS) is 15.1.